The molecule has 1 atom stereocenters. The van der Waals surface area contributed by atoms with Crippen LogP contribution < -0.4 is 5.73 Å². The monoisotopic (exact) mass is 501 g/mol. The molecule has 1 saturated carbocycles. The summed E-state index contributed by atoms with van der Waals surface area (Å²) in [6, 6.07) is 0. The van der Waals surface area contributed by atoms with Gasteiger partial charge in [-0.2, -0.15) is 0 Å². The van der Waals surface area contributed by atoms with Crippen molar-refractivity contribution in [2.45, 2.75) is 97.0 Å². The largest absolute Gasteiger partial charge is 0.460 e. The zero-order chi connectivity index (χ0) is 25.4. The van der Waals surface area contributed by atoms with Crippen LogP contribution in [-0.4, -0.2) is 55.4 Å². The number of oxime groups is 1. The second-order valence-corrected chi connectivity index (χ2v) is 12.8. The van der Waals surface area contributed by atoms with E-state index in [2.05, 4.69) is 5.16 Å². The molecule has 196 valence electrons. The molecule has 0 aromatic carbocycles. The van der Waals surface area contributed by atoms with Crippen molar-refractivity contribution in [1.29, 1.82) is 0 Å². The maximum Gasteiger partial charge on any atom is 0.338 e. The number of carbonyl (C=O) groups is 2. The fourth-order valence-electron chi connectivity index (χ4n) is 4.75. The van der Waals surface area contributed by atoms with E-state index < -0.39 is 33.5 Å². The lowest BCUT2D eigenvalue weighted by molar-refractivity contribution is -0.161. The van der Waals surface area contributed by atoms with Gasteiger partial charge in [0.1, 0.15) is 11.4 Å². The van der Waals surface area contributed by atoms with Crippen molar-refractivity contribution < 1.29 is 27.6 Å². The molecule has 2 aliphatic rings. The average molecular weight is 502 g/mol. The van der Waals surface area contributed by atoms with Gasteiger partial charge in [-0.05, 0) is 46.0 Å². The van der Waals surface area contributed by atoms with Crippen LogP contribution in [-0.2, 0) is 29.2 Å². The number of rotatable bonds is 10. The van der Waals surface area contributed by atoms with Crippen LogP contribution in [0.25, 0.3) is 0 Å². The van der Waals surface area contributed by atoms with E-state index in [4.69, 9.17) is 15.3 Å². The van der Waals surface area contributed by atoms with Gasteiger partial charge < -0.3 is 15.3 Å². The Balaban J connectivity index is 1.92. The second kappa shape index (κ2) is 12.9. The third-order valence-corrected chi connectivity index (χ3v) is 7.94. The van der Waals surface area contributed by atoms with Crippen LogP contribution in [0.1, 0.15) is 91.4 Å². The molecule has 2 rings (SSSR count). The van der Waals surface area contributed by atoms with E-state index in [1.807, 2.05) is 0 Å². The third kappa shape index (κ3) is 10.3. The van der Waals surface area contributed by atoms with Gasteiger partial charge in [0.05, 0.1) is 18.6 Å². The highest BCUT2D eigenvalue weighted by Gasteiger charge is 2.29. The first-order chi connectivity index (χ1) is 15.8. The molecule has 0 aromatic heterocycles. The molecule has 1 aliphatic heterocycles. The molecule has 0 spiro atoms. The van der Waals surface area contributed by atoms with E-state index in [0.717, 1.165) is 12.8 Å². The molecule has 10 heteroatoms. The Bertz CT molecular complexity index is 807. The number of esters is 1. The highest BCUT2D eigenvalue weighted by atomic mass is 32.2. The van der Waals surface area contributed by atoms with E-state index in [-0.39, 0.29) is 18.2 Å². The quantitative estimate of drug-likeness (QED) is 0.159. The van der Waals surface area contributed by atoms with E-state index in [9.17, 15) is 18.0 Å². The Morgan fingerprint density at radius 3 is 2.26 bits per heavy atom. The fraction of sp³-hybridized carbons (Fsp3) is 0.875. The van der Waals surface area contributed by atoms with Crippen LogP contribution in [0.4, 0.5) is 0 Å². The Kier molecular flexibility index (Phi) is 10.8. The number of ether oxygens (including phenoxy) is 1. The predicted molar refractivity (Wildman–Crippen MR) is 131 cm³/mol. The Hall–Kier alpha value is -1.68. The first-order valence-corrected chi connectivity index (χ1v) is 14.4. The summed E-state index contributed by atoms with van der Waals surface area (Å²) in [5.41, 5.74) is 5.42. The van der Waals surface area contributed by atoms with Gasteiger partial charge in [0.15, 0.2) is 0 Å². The maximum absolute atomic E-state index is 12.8. The molecule has 2 N–H and O–H groups in total. The van der Waals surface area contributed by atoms with Gasteiger partial charge in [0.2, 0.25) is 10.0 Å². The van der Waals surface area contributed by atoms with Crippen LogP contribution in [0.2, 0.25) is 0 Å². The number of nitrogens with zero attached hydrogens (tertiary/aromatic N) is 2. The van der Waals surface area contributed by atoms with E-state index in [1.165, 1.54) is 42.7 Å². The molecule has 0 radical (unpaired) electrons. The number of amidine groups is 1. The van der Waals surface area contributed by atoms with E-state index in [1.54, 1.807) is 20.8 Å². The first kappa shape index (κ1) is 28.6. The summed E-state index contributed by atoms with van der Waals surface area (Å²) in [6.45, 7) is 6.09. The molecular weight excluding hydrogens is 458 g/mol. The average Bonchev–Trinajstić information content (AvgIpc) is 2.75. The van der Waals surface area contributed by atoms with Crippen molar-refractivity contribution >= 4 is 27.8 Å². The topological polar surface area (TPSA) is 128 Å². The number of sulfonamides is 1. The molecule has 0 amide bonds. The Morgan fingerprint density at radius 2 is 1.71 bits per heavy atom. The number of piperidine rings is 1. The summed E-state index contributed by atoms with van der Waals surface area (Å²) < 4.78 is 30.2. The van der Waals surface area contributed by atoms with Crippen LogP contribution in [0.3, 0.4) is 0 Å². The van der Waals surface area contributed by atoms with E-state index in [0.29, 0.717) is 38.3 Å². The highest BCUT2D eigenvalue weighted by molar-refractivity contribution is 7.88. The van der Waals surface area contributed by atoms with Gasteiger partial charge >= 0.3 is 11.9 Å². The van der Waals surface area contributed by atoms with Crippen molar-refractivity contribution in [3.05, 3.63) is 0 Å². The summed E-state index contributed by atoms with van der Waals surface area (Å²) in [7, 11) is -3.23. The van der Waals surface area contributed by atoms with Gasteiger partial charge in [0.25, 0.3) is 0 Å². The molecule has 2 fully saturated rings. The lowest BCUT2D eigenvalue weighted by Gasteiger charge is -2.29. The smallest absolute Gasteiger partial charge is 0.338 e. The van der Waals surface area contributed by atoms with Gasteiger partial charge in [-0.1, -0.05) is 50.1 Å². The minimum atomic E-state index is -3.23. The Morgan fingerprint density at radius 1 is 1.09 bits per heavy atom. The van der Waals surface area contributed by atoms with Crippen LogP contribution in [0, 0.1) is 17.8 Å². The molecule has 1 heterocycles. The fourth-order valence-corrected chi connectivity index (χ4v) is 5.62. The summed E-state index contributed by atoms with van der Waals surface area (Å²) in [4.78, 5) is 30.4. The number of carbonyl (C=O) groups excluding carboxylic acids is 2. The first-order valence-electron chi connectivity index (χ1n) is 12.6. The molecule has 34 heavy (non-hydrogen) atoms. The van der Waals surface area contributed by atoms with E-state index >= 15 is 0 Å². The van der Waals surface area contributed by atoms with Crippen LogP contribution >= 0.6 is 0 Å². The summed E-state index contributed by atoms with van der Waals surface area (Å²) in [5.74, 6) is -0.926. The van der Waals surface area contributed by atoms with Gasteiger partial charge in [-0.3, -0.25) is 4.79 Å². The molecule has 1 aliphatic carbocycles. The Labute approximate surface area is 204 Å². The molecule has 9 nitrogen and oxygen atoms in total. The number of nitrogens with two attached hydrogens (primary N) is 1. The lowest BCUT2D eigenvalue weighted by Crippen LogP contribution is -2.41. The van der Waals surface area contributed by atoms with Crippen LogP contribution in [0.5, 0.6) is 0 Å². The maximum atomic E-state index is 12.8. The van der Waals surface area contributed by atoms with Crippen molar-refractivity contribution in [1.82, 2.24) is 4.31 Å². The minimum absolute atomic E-state index is 0.0526. The normalized spacial score (nSPS) is 20.6. The molecule has 0 aromatic rings. The molecule has 0 bridgehead atoms. The zero-order valence-corrected chi connectivity index (χ0v) is 22.1. The standard InChI is InChI=1S/C24H43N3O6S/c1-24(2,3)32-21(28)17-20(12-8-11-18-9-6-5-7-10-18)23(29)33-26-22(25)19-13-15-27(16-14-19)34(4,30)31/h18-20H,5-17H2,1-4H3,(H2,25,26). The second-order valence-electron chi connectivity index (χ2n) is 10.8. The zero-order valence-electron chi connectivity index (χ0n) is 21.3. The summed E-state index contributed by atoms with van der Waals surface area (Å²) in [5, 5.41) is 3.86. The van der Waals surface area contributed by atoms with Crippen LogP contribution in [0.15, 0.2) is 5.16 Å². The van der Waals surface area contributed by atoms with Crippen molar-refractivity contribution in [3.63, 3.8) is 0 Å². The summed E-state index contributed by atoms with van der Waals surface area (Å²) >= 11 is 0. The van der Waals surface area contributed by atoms with Gasteiger partial charge in [0, 0.05) is 19.0 Å². The minimum Gasteiger partial charge on any atom is -0.460 e. The molecular formula is C24H43N3O6S. The van der Waals surface area contributed by atoms with Gasteiger partial charge in [-0.15, -0.1) is 0 Å². The third-order valence-electron chi connectivity index (χ3n) is 6.64. The highest BCUT2D eigenvalue weighted by Crippen LogP contribution is 2.29. The van der Waals surface area contributed by atoms with Crippen molar-refractivity contribution in [2.75, 3.05) is 19.3 Å². The summed E-state index contributed by atoms with van der Waals surface area (Å²) in [6.07, 6.45) is 10.9. The SMILES string of the molecule is CC(C)(C)OC(=O)CC(CCCC1CCCCC1)C(=O)O/N=C(\N)C1CCN(S(C)(=O)=O)CC1. The van der Waals surface area contributed by atoms with Crippen molar-refractivity contribution in [2.24, 2.45) is 28.6 Å². The molecule has 1 unspecified atom stereocenters. The van der Waals surface area contributed by atoms with Gasteiger partial charge in [-0.25, -0.2) is 17.5 Å². The number of hydrogen-bond acceptors (Lipinski definition) is 7. The van der Waals surface area contributed by atoms with Crippen molar-refractivity contribution in [3.8, 4) is 0 Å². The lowest BCUT2D eigenvalue weighted by atomic mass is 9.84. The predicted octanol–water partition coefficient (Wildman–Crippen LogP) is 3.57. The molecule has 1 saturated heterocycles. The number of hydrogen-bond donors (Lipinski definition) is 1.